The number of halogens is 1. The molecular formula is C7H6BrN3O. The molecule has 0 aliphatic carbocycles. The minimum atomic E-state index is 0.474. The maximum absolute atomic E-state index is 5.44. The molecule has 3 N–H and O–H groups in total. The lowest BCUT2D eigenvalue weighted by Crippen LogP contribution is -1.81. The molecule has 0 amide bonds. The van der Waals surface area contributed by atoms with Gasteiger partial charge < -0.3 is 10.2 Å². The standard InChI is InChI=1S/C7H6BrN3O/c8-6-1-4(3-12-6)5-2-7(9)11-10-5/h1-3H,(H3,9,10,11). The van der Waals surface area contributed by atoms with E-state index >= 15 is 0 Å². The van der Waals surface area contributed by atoms with Crippen molar-refractivity contribution >= 4 is 21.7 Å². The number of nitrogens with one attached hydrogen (secondary N) is 1. The Balaban J connectivity index is 2.43. The Morgan fingerprint density at radius 3 is 2.83 bits per heavy atom. The normalized spacial score (nSPS) is 10.4. The van der Waals surface area contributed by atoms with Crippen molar-refractivity contribution in [3.8, 4) is 11.3 Å². The molecule has 0 atom stereocenters. The molecule has 5 heteroatoms. The first-order valence-corrected chi connectivity index (χ1v) is 4.10. The SMILES string of the molecule is Nc1cc(-c2coc(Br)c2)[nH]n1. The zero-order valence-electron chi connectivity index (χ0n) is 6.04. The predicted molar refractivity (Wildman–Crippen MR) is 48.4 cm³/mol. The van der Waals surface area contributed by atoms with Gasteiger partial charge in [0, 0.05) is 17.7 Å². The van der Waals surface area contributed by atoms with Crippen molar-refractivity contribution in [3.05, 3.63) is 23.1 Å². The Morgan fingerprint density at radius 1 is 1.50 bits per heavy atom. The smallest absolute Gasteiger partial charge is 0.169 e. The van der Waals surface area contributed by atoms with E-state index in [1.54, 1.807) is 12.3 Å². The molecule has 2 heterocycles. The summed E-state index contributed by atoms with van der Waals surface area (Å²) < 4.78 is 5.74. The van der Waals surface area contributed by atoms with Crippen LogP contribution in [0.4, 0.5) is 5.82 Å². The molecule has 0 saturated heterocycles. The fraction of sp³-hybridized carbons (Fsp3) is 0. The molecule has 0 spiro atoms. The predicted octanol–water partition coefficient (Wildman–Crippen LogP) is 2.01. The van der Waals surface area contributed by atoms with Crippen LogP contribution in [0.2, 0.25) is 0 Å². The summed E-state index contributed by atoms with van der Waals surface area (Å²) in [6.07, 6.45) is 1.62. The molecule has 0 bridgehead atoms. The topological polar surface area (TPSA) is 67.8 Å². The first-order valence-electron chi connectivity index (χ1n) is 3.31. The highest BCUT2D eigenvalue weighted by molar-refractivity contribution is 9.10. The lowest BCUT2D eigenvalue weighted by Gasteiger charge is -1.84. The highest BCUT2D eigenvalue weighted by Gasteiger charge is 2.04. The van der Waals surface area contributed by atoms with Gasteiger partial charge in [0.15, 0.2) is 4.67 Å². The van der Waals surface area contributed by atoms with Gasteiger partial charge in [-0.1, -0.05) is 0 Å². The lowest BCUT2D eigenvalue weighted by atomic mass is 10.2. The van der Waals surface area contributed by atoms with Gasteiger partial charge in [0.05, 0.1) is 5.69 Å². The number of aromatic nitrogens is 2. The van der Waals surface area contributed by atoms with Crippen molar-refractivity contribution in [3.63, 3.8) is 0 Å². The van der Waals surface area contributed by atoms with Gasteiger partial charge >= 0.3 is 0 Å². The van der Waals surface area contributed by atoms with E-state index in [2.05, 4.69) is 26.1 Å². The molecule has 0 fully saturated rings. The number of nitrogens with zero attached hydrogens (tertiary/aromatic N) is 1. The summed E-state index contributed by atoms with van der Waals surface area (Å²) >= 11 is 3.20. The van der Waals surface area contributed by atoms with E-state index in [1.807, 2.05) is 6.07 Å². The number of aromatic amines is 1. The second kappa shape index (κ2) is 2.67. The second-order valence-electron chi connectivity index (χ2n) is 2.35. The van der Waals surface area contributed by atoms with E-state index < -0.39 is 0 Å². The summed E-state index contributed by atoms with van der Waals surface area (Å²) in [4.78, 5) is 0. The van der Waals surface area contributed by atoms with Crippen LogP contribution in [0, 0.1) is 0 Å². The van der Waals surface area contributed by atoms with Gasteiger partial charge in [0.25, 0.3) is 0 Å². The Bertz CT molecular complexity index is 355. The number of hydrogen-bond acceptors (Lipinski definition) is 3. The molecule has 0 aliphatic rings. The molecule has 4 nitrogen and oxygen atoms in total. The van der Waals surface area contributed by atoms with Crippen molar-refractivity contribution in [1.29, 1.82) is 0 Å². The third-order valence-corrected chi connectivity index (χ3v) is 1.89. The van der Waals surface area contributed by atoms with Crippen LogP contribution in [0.1, 0.15) is 0 Å². The number of H-pyrrole nitrogens is 1. The van der Waals surface area contributed by atoms with Gasteiger partial charge in [-0.3, -0.25) is 5.10 Å². The molecule has 2 rings (SSSR count). The van der Waals surface area contributed by atoms with Crippen LogP contribution in [-0.2, 0) is 0 Å². The molecule has 0 radical (unpaired) electrons. The van der Waals surface area contributed by atoms with Crippen molar-refractivity contribution in [2.24, 2.45) is 0 Å². The molecule has 62 valence electrons. The summed E-state index contributed by atoms with van der Waals surface area (Å²) in [5.74, 6) is 0.474. The number of hydrogen-bond donors (Lipinski definition) is 2. The van der Waals surface area contributed by atoms with Crippen LogP contribution >= 0.6 is 15.9 Å². The quantitative estimate of drug-likeness (QED) is 0.784. The van der Waals surface area contributed by atoms with Gasteiger partial charge in [-0.25, -0.2) is 0 Å². The summed E-state index contributed by atoms with van der Waals surface area (Å²) in [5.41, 5.74) is 7.21. The van der Waals surface area contributed by atoms with E-state index in [4.69, 9.17) is 10.2 Å². The maximum Gasteiger partial charge on any atom is 0.169 e. The molecule has 0 unspecified atom stereocenters. The molecule has 0 saturated carbocycles. The van der Waals surface area contributed by atoms with Crippen molar-refractivity contribution < 1.29 is 4.42 Å². The molecule has 2 aromatic heterocycles. The number of anilines is 1. The highest BCUT2D eigenvalue weighted by atomic mass is 79.9. The summed E-state index contributed by atoms with van der Waals surface area (Å²) in [6, 6.07) is 3.59. The Kier molecular flexibility index (Phi) is 1.65. The number of rotatable bonds is 1. The first-order chi connectivity index (χ1) is 5.75. The van der Waals surface area contributed by atoms with E-state index in [0.717, 1.165) is 11.3 Å². The van der Waals surface area contributed by atoms with Gasteiger partial charge in [-0.15, -0.1) is 0 Å². The van der Waals surface area contributed by atoms with E-state index in [-0.39, 0.29) is 0 Å². The molecule has 0 aromatic carbocycles. The van der Waals surface area contributed by atoms with Crippen LogP contribution in [0.5, 0.6) is 0 Å². The third-order valence-electron chi connectivity index (χ3n) is 1.48. The van der Waals surface area contributed by atoms with Crippen molar-refractivity contribution in [2.75, 3.05) is 5.73 Å². The Morgan fingerprint density at radius 2 is 2.33 bits per heavy atom. The highest BCUT2D eigenvalue weighted by Crippen LogP contribution is 2.23. The fourth-order valence-corrected chi connectivity index (χ4v) is 1.28. The van der Waals surface area contributed by atoms with Crippen LogP contribution < -0.4 is 5.73 Å². The average molecular weight is 228 g/mol. The van der Waals surface area contributed by atoms with Gasteiger partial charge in [0.1, 0.15) is 12.1 Å². The van der Waals surface area contributed by atoms with Crippen LogP contribution in [0.25, 0.3) is 11.3 Å². The summed E-state index contributed by atoms with van der Waals surface area (Å²) in [5, 5.41) is 6.58. The Hall–Kier alpha value is -1.23. The Labute approximate surface area is 76.9 Å². The zero-order chi connectivity index (χ0) is 8.55. The molecule has 0 aliphatic heterocycles. The summed E-state index contributed by atoms with van der Waals surface area (Å²) in [7, 11) is 0. The molecular weight excluding hydrogens is 222 g/mol. The minimum Gasteiger partial charge on any atom is -0.457 e. The molecule has 2 aromatic rings. The maximum atomic E-state index is 5.44. The van der Waals surface area contributed by atoms with Gasteiger partial charge in [-0.05, 0) is 15.9 Å². The largest absolute Gasteiger partial charge is 0.457 e. The lowest BCUT2D eigenvalue weighted by molar-refractivity contribution is 0.542. The second-order valence-corrected chi connectivity index (χ2v) is 3.13. The van der Waals surface area contributed by atoms with Crippen molar-refractivity contribution in [2.45, 2.75) is 0 Å². The van der Waals surface area contributed by atoms with E-state index in [9.17, 15) is 0 Å². The average Bonchev–Trinajstić information content (AvgIpc) is 2.58. The fourth-order valence-electron chi connectivity index (χ4n) is 0.936. The minimum absolute atomic E-state index is 0.474. The van der Waals surface area contributed by atoms with Crippen LogP contribution in [-0.4, -0.2) is 10.2 Å². The first kappa shape index (κ1) is 7.42. The monoisotopic (exact) mass is 227 g/mol. The molecule has 12 heavy (non-hydrogen) atoms. The number of furan rings is 1. The van der Waals surface area contributed by atoms with Gasteiger partial charge in [0.2, 0.25) is 0 Å². The third kappa shape index (κ3) is 1.23. The van der Waals surface area contributed by atoms with Crippen LogP contribution in [0.3, 0.4) is 0 Å². The van der Waals surface area contributed by atoms with Crippen molar-refractivity contribution in [1.82, 2.24) is 10.2 Å². The summed E-state index contributed by atoms with van der Waals surface area (Å²) in [6.45, 7) is 0. The van der Waals surface area contributed by atoms with E-state index in [1.165, 1.54) is 0 Å². The van der Waals surface area contributed by atoms with Crippen LogP contribution in [0.15, 0.2) is 27.5 Å². The zero-order valence-corrected chi connectivity index (χ0v) is 7.63. The van der Waals surface area contributed by atoms with Gasteiger partial charge in [-0.2, -0.15) is 5.10 Å². The number of nitrogen functional groups attached to an aromatic ring is 1. The number of nitrogens with two attached hydrogens (primary N) is 1. The van der Waals surface area contributed by atoms with E-state index in [0.29, 0.717) is 10.5 Å².